The minimum Gasteiger partial charge on any atom is -0.302 e. The van der Waals surface area contributed by atoms with Crippen LogP contribution in [0.5, 0.6) is 0 Å². The van der Waals surface area contributed by atoms with Crippen LogP contribution in [-0.4, -0.2) is 36.3 Å². The molecule has 1 N–H and O–H groups in total. The van der Waals surface area contributed by atoms with Gasteiger partial charge in [-0.25, -0.2) is 4.98 Å². The first kappa shape index (κ1) is 18.5. The second kappa shape index (κ2) is 6.77. The molecule has 0 unspecified atom stereocenters. The average Bonchev–Trinajstić information content (AvgIpc) is 3.06. The smallest absolute Gasteiger partial charge is 0.281 e. The summed E-state index contributed by atoms with van der Waals surface area (Å²) in [5.74, 6) is 0. The Morgan fingerprint density at radius 2 is 2.12 bits per heavy atom. The van der Waals surface area contributed by atoms with Crippen molar-refractivity contribution in [3.05, 3.63) is 46.1 Å². The van der Waals surface area contributed by atoms with Gasteiger partial charge in [0.05, 0.1) is 0 Å². The van der Waals surface area contributed by atoms with Crippen molar-refractivity contribution >= 4 is 56.0 Å². The lowest BCUT2D eigenvalue weighted by Crippen LogP contribution is -2.26. The number of rotatable bonds is 3. The monoisotopic (exact) mass is 418 g/mol. The van der Waals surface area contributed by atoms with Crippen molar-refractivity contribution in [2.24, 2.45) is 0 Å². The number of sulfonamides is 1. The molecule has 0 radical (unpaired) electrons. The Kier molecular flexibility index (Phi) is 5.00. The van der Waals surface area contributed by atoms with Gasteiger partial charge in [-0.1, -0.05) is 17.7 Å². The lowest BCUT2D eigenvalue weighted by molar-refractivity contribution is 0.313. The average molecular weight is 419 g/mol. The summed E-state index contributed by atoms with van der Waals surface area (Å²) in [5.41, 5.74) is 2.95. The van der Waals surface area contributed by atoms with Gasteiger partial charge in [0, 0.05) is 30.4 Å². The minimum atomic E-state index is -3.82. The number of likely N-dealkylation sites (N-methyl/N-ethyl adjacent to an activating group) is 1. The zero-order valence-electron chi connectivity index (χ0n) is 13.3. The maximum absolute atomic E-state index is 12.8. The number of fused-ring (bicyclic) bond motifs is 2. The molecule has 0 amide bonds. The molecule has 0 bridgehead atoms. The molecule has 0 saturated heterocycles. The summed E-state index contributed by atoms with van der Waals surface area (Å²) in [4.78, 5) is 6.87. The van der Waals surface area contributed by atoms with Crippen molar-refractivity contribution in [3.8, 4) is 0 Å². The first-order valence-corrected chi connectivity index (χ1v) is 10.1. The van der Waals surface area contributed by atoms with E-state index in [1.807, 2.05) is 12.1 Å². The third-order valence-electron chi connectivity index (χ3n) is 4.09. The lowest BCUT2D eigenvalue weighted by atomic mass is 10.00. The number of aromatic nitrogens is 2. The molecule has 1 aliphatic rings. The van der Waals surface area contributed by atoms with E-state index in [1.54, 1.807) is 17.6 Å². The fourth-order valence-corrected chi connectivity index (χ4v) is 5.45. The third kappa shape index (κ3) is 3.37. The van der Waals surface area contributed by atoms with E-state index >= 15 is 0 Å². The Hall–Kier alpha value is -1.32. The highest BCUT2D eigenvalue weighted by molar-refractivity contribution is 7.92. The molecule has 3 heterocycles. The molecular weight excluding hydrogens is 403 g/mol. The van der Waals surface area contributed by atoms with Crippen LogP contribution in [-0.2, 0) is 23.0 Å². The predicted octanol–water partition coefficient (Wildman–Crippen LogP) is 3.26. The van der Waals surface area contributed by atoms with Crippen molar-refractivity contribution in [2.45, 2.75) is 18.0 Å². The van der Waals surface area contributed by atoms with Gasteiger partial charge >= 0.3 is 0 Å². The molecule has 3 aromatic rings. The minimum absolute atomic E-state index is 0. The second-order valence-corrected chi connectivity index (χ2v) is 8.67. The molecule has 2 aromatic heterocycles. The van der Waals surface area contributed by atoms with E-state index in [9.17, 15) is 8.42 Å². The topological polar surface area (TPSA) is 66.7 Å². The number of nitrogens with one attached hydrogen (secondary N) is 1. The highest BCUT2D eigenvalue weighted by atomic mass is 35.5. The van der Waals surface area contributed by atoms with E-state index in [2.05, 4.69) is 21.7 Å². The molecule has 134 valence electrons. The van der Waals surface area contributed by atoms with E-state index in [4.69, 9.17) is 11.6 Å². The number of nitrogens with zero attached hydrogens (tertiary/aromatic N) is 3. The van der Waals surface area contributed by atoms with E-state index in [0.29, 0.717) is 10.6 Å². The maximum atomic E-state index is 12.8. The summed E-state index contributed by atoms with van der Waals surface area (Å²) in [6, 6.07) is 5.66. The Morgan fingerprint density at radius 3 is 2.92 bits per heavy atom. The summed E-state index contributed by atoms with van der Waals surface area (Å²) < 4.78 is 29.6. The van der Waals surface area contributed by atoms with Gasteiger partial charge < -0.3 is 4.90 Å². The van der Waals surface area contributed by atoms with Crippen molar-refractivity contribution < 1.29 is 8.42 Å². The molecule has 0 fully saturated rings. The highest BCUT2D eigenvalue weighted by Gasteiger charge is 2.25. The van der Waals surface area contributed by atoms with Gasteiger partial charge in [-0.3, -0.25) is 9.12 Å². The SMILES string of the molecule is CN1CCc2cc(NS(=O)(=O)c3c(Cl)nc4sccn34)ccc2C1.Cl. The van der Waals surface area contributed by atoms with Crippen LogP contribution in [0.3, 0.4) is 0 Å². The Bertz CT molecular complexity index is 1030. The van der Waals surface area contributed by atoms with Crippen LogP contribution in [0.25, 0.3) is 4.96 Å². The number of hydrogen-bond donors (Lipinski definition) is 1. The predicted molar refractivity (Wildman–Crippen MR) is 103 cm³/mol. The fraction of sp³-hybridized carbons (Fsp3) is 0.267. The van der Waals surface area contributed by atoms with E-state index in [0.717, 1.165) is 19.5 Å². The second-order valence-electron chi connectivity index (χ2n) is 5.84. The summed E-state index contributed by atoms with van der Waals surface area (Å²) in [5, 5.41) is 1.72. The molecule has 1 aliphatic heterocycles. The van der Waals surface area contributed by atoms with E-state index < -0.39 is 10.0 Å². The molecule has 1 aromatic carbocycles. The highest BCUT2D eigenvalue weighted by Crippen LogP contribution is 2.28. The van der Waals surface area contributed by atoms with Crippen LogP contribution in [0.2, 0.25) is 5.15 Å². The first-order valence-electron chi connectivity index (χ1n) is 7.38. The number of halogens is 2. The number of anilines is 1. The molecular formula is C15H16Cl2N4O2S2. The first-order chi connectivity index (χ1) is 11.4. The lowest BCUT2D eigenvalue weighted by Gasteiger charge is -2.25. The largest absolute Gasteiger partial charge is 0.302 e. The van der Waals surface area contributed by atoms with E-state index in [-0.39, 0.29) is 22.6 Å². The van der Waals surface area contributed by atoms with Crippen molar-refractivity contribution in [1.82, 2.24) is 14.3 Å². The molecule has 6 nitrogen and oxygen atoms in total. The van der Waals surface area contributed by atoms with Gasteiger partial charge in [0.15, 0.2) is 15.1 Å². The molecule has 4 rings (SSSR count). The fourth-order valence-electron chi connectivity index (χ4n) is 2.94. The Morgan fingerprint density at radius 1 is 1.32 bits per heavy atom. The van der Waals surface area contributed by atoms with Gasteiger partial charge in [-0.05, 0) is 36.7 Å². The van der Waals surface area contributed by atoms with Gasteiger partial charge in [0.1, 0.15) is 0 Å². The zero-order chi connectivity index (χ0) is 16.9. The number of thiazole rings is 1. The van der Waals surface area contributed by atoms with Gasteiger partial charge in [-0.15, -0.1) is 23.7 Å². The normalized spacial score (nSPS) is 15.0. The van der Waals surface area contributed by atoms with Crippen molar-refractivity contribution in [3.63, 3.8) is 0 Å². The summed E-state index contributed by atoms with van der Waals surface area (Å²) in [6.07, 6.45) is 2.56. The standard InChI is InChI=1S/C15H15ClN4O2S2.ClH/c1-19-5-4-10-8-12(3-2-11(10)9-19)18-24(21,22)14-13(16)17-15-20(14)6-7-23-15;/h2-3,6-8,18H,4-5,9H2,1H3;1H. The van der Waals surface area contributed by atoms with Crippen LogP contribution in [0.15, 0.2) is 34.8 Å². The molecule has 0 atom stereocenters. The third-order valence-corrected chi connectivity index (χ3v) is 6.63. The summed E-state index contributed by atoms with van der Waals surface area (Å²) >= 11 is 7.38. The number of benzene rings is 1. The van der Waals surface area contributed by atoms with Gasteiger partial charge in [0.2, 0.25) is 0 Å². The van der Waals surface area contributed by atoms with Crippen molar-refractivity contribution in [1.29, 1.82) is 0 Å². The Balaban J connectivity index is 0.00000182. The van der Waals surface area contributed by atoms with Gasteiger partial charge in [-0.2, -0.15) is 8.42 Å². The van der Waals surface area contributed by atoms with Gasteiger partial charge in [0.25, 0.3) is 10.0 Å². The van der Waals surface area contributed by atoms with Crippen LogP contribution in [0.4, 0.5) is 5.69 Å². The quantitative estimate of drug-likeness (QED) is 0.708. The maximum Gasteiger partial charge on any atom is 0.281 e. The number of imidazole rings is 1. The molecule has 0 aliphatic carbocycles. The summed E-state index contributed by atoms with van der Waals surface area (Å²) in [7, 11) is -1.74. The zero-order valence-corrected chi connectivity index (χ0v) is 16.5. The number of hydrogen-bond acceptors (Lipinski definition) is 5. The molecule has 10 heteroatoms. The molecule has 0 spiro atoms. The summed E-state index contributed by atoms with van der Waals surface area (Å²) in [6.45, 7) is 1.85. The molecule has 0 saturated carbocycles. The van der Waals surface area contributed by atoms with Crippen LogP contribution >= 0.6 is 35.3 Å². The van der Waals surface area contributed by atoms with E-state index in [1.165, 1.54) is 26.9 Å². The van der Waals surface area contributed by atoms with Crippen molar-refractivity contribution in [2.75, 3.05) is 18.3 Å². The van der Waals surface area contributed by atoms with Crippen LogP contribution < -0.4 is 4.72 Å². The molecule has 25 heavy (non-hydrogen) atoms. The Labute approximate surface area is 160 Å². The van der Waals surface area contributed by atoms with Crippen LogP contribution in [0.1, 0.15) is 11.1 Å². The van der Waals surface area contributed by atoms with Crippen LogP contribution in [0, 0.1) is 0 Å².